The maximum absolute atomic E-state index is 5.81. The maximum atomic E-state index is 5.81. The molecule has 2 rings (SSSR count). The average Bonchev–Trinajstić information content (AvgIpc) is 2.49. The smallest absolute Gasteiger partial charge is 0.124 e. The number of hydrogen-bond acceptors (Lipinski definition) is 3. The van der Waals surface area contributed by atoms with Crippen molar-refractivity contribution in [1.29, 1.82) is 0 Å². The minimum atomic E-state index is -0.0869. The summed E-state index contributed by atoms with van der Waals surface area (Å²) in [4.78, 5) is 0. The van der Waals surface area contributed by atoms with Crippen LogP contribution in [-0.4, -0.2) is 6.61 Å². The van der Waals surface area contributed by atoms with Crippen LogP contribution in [0.1, 0.15) is 30.5 Å². The summed E-state index contributed by atoms with van der Waals surface area (Å²) in [5, 5.41) is 0. The molecule has 0 aliphatic carbocycles. The van der Waals surface area contributed by atoms with Gasteiger partial charge in [-0.15, -0.1) is 0 Å². The summed E-state index contributed by atoms with van der Waals surface area (Å²) < 4.78 is 6.86. The largest absolute Gasteiger partial charge is 0.493 e. The number of ether oxygens (including phenoxy) is 1. The minimum Gasteiger partial charge on any atom is -0.493 e. The van der Waals surface area contributed by atoms with Crippen LogP contribution in [0.2, 0.25) is 0 Å². The fourth-order valence-electron chi connectivity index (χ4n) is 2.08. The molecule has 0 spiro atoms. The normalized spacial score (nSPS) is 12.2. The zero-order valence-corrected chi connectivity index (χ0v) is 13.1. The van der Waals surface area contributed by atoms with Crippen molar-refractivity contribution < 1.29 is 4.74 Å². The summed E-state index contributed by atoms with van der Waals surface area (Å²) in [7, 11) is 0. The first-order valence-electron chi connectivity index (χ1n) is 6.69. The number of rotatable bonds is 6. The van der Waals surface area contributed by atoms with Crippen LogP contribution in [0, 0.1) is 0 Å². The van der Waals surface area contributed by atoms with Gasteiger partial charge in [0.25, 0.3) is 0 Å². The lowest BCUT2D eigenvalue weighted by atomic mass is 9.98. The van der Waals surface area contributed by atoms with E-state index in [2.05, 4.69) is 28.3 Å². The molecule has 20 heavy (non-hydrogen) atoms. The van der Waals surface area contributed by atoms with Crippen LogP contribution in [-0.2, 0) is 0 Å². The molecule has 0 bridgehead atoms. The lowest BCUT2D eigenvalue weighted by Gasteiger charge is -2.20. The molecule has 3 nitrogen and oxygen atoms in total. The highest BCUT2D eigenvalue weighted by molar-refractivity contribution is 9.10. The van der Waals surface area contributed by atoms with Crippen molar-refractivity contribution in [1.82, 2.24) is 5.43 Å². The standard InChI is InChI=1S/C16H19BrN2O/c1-2-11-20-15-6-4-3-5-14(15)16(19-18)12-7-9-13(17)10-8-12/h3-10,16,19H,2,11,18H2,1H3. The van der Waals surface area contributed by atoms with Crippen LogP contribution >= 0.6 is 15.9 Å². The third kappa shape index (κ3) is 3.60. The van der Waals surface area contributed by atoms with Crippen LogP contribution in [0.5, 0.6) is 5.75 Å². The predicted octanol–water partition coefficient (Wildman–Crippen LogP) is 3.79. The highest BCUT2D eigenvalue weighted by Gasteiger charge is 2.16. The number of halogens is 1. The number of benzene rings is 2. The van der Waals surface area contributed by atoms with Gasteiger partial charge in [-0.25, -0.2) is 5.43 Å². The molecule has 0 saturated heterocycles. The first-order valence-corrected chi connectivity index (χ1v) is 7.49. The summed E-state index contributed by atoms with van der Waals surface area (Å²) in [6.07, 6.45) is 0.980. The summed E-state index contributed by atoms with van der Waals surface area (Å²) in [5.41, 5.74) is 5.02. The van der Waals surface area contributed by atoms with Gasteiger partial charge in [-0.3, -0.25) is 5.84 Å². The van der Waals surface area contributed by atoms with E-state index >= 15 is 0 Å². The molecule has 0 aliphatic heterocycles. The molecule has 4 heteroatoms. The van der Waals surface area contributed by atoms with Crippen molar-refractivity contribution in [3.8, 4) is 5.75 Å². The van der Waals surface area contributed by atoms with Crippen molar-refractivity contribution in [3.63, 3.8) is 0 Å². The second-order valence-corrected chi connectivity index (χ2v) is 5.45. The van der Waals surface area contributed by atoms with Gasteiger partial charge in [-0.2, -0.15) is 0 Å². The summed E-state index contributed by atoms with van der Waals surface area (Å²) >= 11 is 3.45. The van der Waals surface area contributed by atoms with Gasteiger partial charge in [0.05, 0.1) is 12.6 Å². The van der Waals surface area contributed by atoms with E-state index in [0.29, 0.717) is 6.61 Å². The number of para-hydroxylation sites is 1. The third-order valence-corrected chi connectivity index (χ3v) is 3.59. The van der Waals surface area contributed by atoms with Crippen molar-refractivity contribution >= 4 is 15.9 Å². The summed E-state index contributed by atoms with van der Waals surface area (Å²) in [6, 6.07) is 16.0. The zero-order valence-electron chi connectivity index (χ0n) is 11.5. The molecule has 3 N–H and O–H groups in total. The molecule has 1 unspecified atom stereocenters. The Morgan fingerprint density at radius 1 is 1.15 bits per heavy atom. The Balaban J connectivity index is 2.33. The van der Waals surface area contributed by atoms with Gasteiger partial charge in [0.1, 0.15) is 5.75 Å². The van der Waals surface area contributed by atoms with Crippen LogP contribution in [0.3, 0.4) is 0 Å². The van der Waals surface area contributed by atoms with E-state index in [-0.39, 0.29) is 6.04 Å². The molecule has 1 atom stereocenters. The first-order chi connectivity index (χ1) is 9.76. The lowest BCUT2D eigenvalue weighted by Crippen LogP contribution is -2.29. The Morgan fingerprint density at radius 2 is 1.85 bits per heavy atom. The Labute approximate surface area is 128 Å². The van der Waals surface area contributed by atoms with Gasteiger partial charge in [0.2, 0.25) is 0 Å². The first kappa shape index (κ1) is 15.0. The molecule has 2 aromatic rings. The van der Waals surface area contributed by atoms with Crippen molar-refractivity contribution in [2.24, 2.45) is 5.84 Å². The molecular weight excluding hydrogens is 316 g/mol. The Hall–Kier alpha value is -1.36. The van der Waals surface area contributed by atoms with Crippen LogP contribution in [0.25, 0.3) is 0 Å². The summed E-state index contributed by atoms with van der Waals surface area (Å²) in [5.74, 6) is 6.63. The van der Waals surface area contributed by atoms with Crippen LogP contribution < -0.4 is 16.0 Å². The van der Waals surface area contributed by atoms with Crippen LogP contribution in [0.4, 0.5) is 0 Å². The molecule has 0 aliphatic rings. The molecule has 0 fully saturated rings. The molecule has 0 saturated carbocycles. The van der Waals surface area contributed by atoms with Gasteiger partial charge < -0.3 is 4.74 Å². The Kier molecular flexibility index (Phi) is 5.59. The molecule has 0 aromatic heterocycles. The predicted molar refractivity (Wildman–Crippen MR) is 85.5 cm³/mol. The molecule has 0 heterocycles. The van der Waals surface area contributed by atoms with E-state index in [0.717, 1.165) is 27.8 Å². The molecular formula is C16H19BrN2O. The van der Waals surface area contributed by atoms with E-state index in [1.807, 2.05) is 48.5 Å². The van der Waals surface area contributed by atoms with E-state index in [1.54, 1.807) is 0 Å². The summed E-state index contributed by atoms with van der Waals surface area (Å²) in [6.45, 7) is 2.80. The molecule has 0 amide bonds. The van der Waals surface area contributed by atoms with E-state index < -0.39 is 0 Å². The number of nitrogens with two attached hydrogens (primary N) is 1. The molecule has 0 radical (unpaired) electrons. The van der Waals surface area contributed by atoms with Crippen LogP contribution in [0.15, 0.2) is 53.0 Å². The quantitative estimate of drug-likeness (QED) is 0.624. The number of hydrogen-bond donors (Lipinski definition) is 2. The minimum absolute atomic E-state index is 0.0869. The second kappa shape index (κ2) is 7.43. The highest BCUT2D eigenvalue weighted by atomic mass is 79.9. The highest BCUT2D eigenvalue weighted by Crippen LogP contribution is 2.30. The zero-order chi connectivity index (χ0) is 14.4. The third-order valence-electron chi connectivity index (χ3n) is 3.06. The van der Waals surface area contributed by atoms with Gasteiger partial charge in [-0.1, -0.05) is 53.2 Å². The van der Waals surface area contributed by atoms with Crippen molar-refractivity contribution in [2.45, 2.75) is 19.4 Å². The lowest BCUT2D eigenvalue weighted by molar-refractivity contribution is 0.311. The van der Waals surface area contributed by atoms with Crippen molar-refractivity contribution in [3.05, 3.63) is 64.1 Å². The molecule has 2 aromatic carbocycles. The number of hydrazine groups is 1. The fourth-order valence-corrected chi connectivity index (χ4v) is 2.35. The van der Waals surface area contributed by atoms with Gasteiger partial charge >= 0.3 is 0 Å². The number of nitrogens with one attached hydrogen (secondary N) is 1. The van der Waals surface area contributed by atoms with E-state index in [9.17, 15) is 0 Å². The fraction of sp³-hybridized carbons (Fsp3) is 0.250. The van der Waals surface area contributed by atoms with Gasteiger partial charge in [-0.05, 0) is 30.2 Å². The van der Waals surface area contributed by atoms with Gasteiger partial charge in [0, 0.05) is 10.0 Å². The second-order valence-electron chi connectivity index (χ2n) is 4.54. The SMILES string of the molecule is CCCOc1ccccc1C(NN)c1ccc(Br)cc1. The van der Waals surface area contributed by atoms with Gasteiger partial charge in [0.15, 0.2) is 0 Å². The maximum Gasteiger partial charge on any atom is 0.124 e. The monoisotopic (exact) mass is 334 g/mol. The Morgan fingerprint density at radius 3 is 2.50 bits per heavy atom. The average molecular weight is 335 g/mol. The van der Waals surface area contributed by atoms with E-state index in [4.69, 9.17) is 10.6 Å². The topological polar surface area (TPSA) is 47.3 Å². The van der Waals surface area contributed by atoms with E-state index in [1.165, 1.54) is 0 Å². The molecule has 106 valence electrons. The Bertz CT molecular complexity index is 542. The van der Waals surface area contributed by atoms with Crippen molar-refractivity contribution in [2.75, 3.05) is 6.61 Å².